The third kappa shape index (κ3) is 6.46. The molecule has 32 heavy (non-hydrogen) atoms. The molecule has 0 aromatic heterocycles. The van der Waals surface area contributed by atoms with Crippen molar-refractivity contribution in [3.8, 4) is 11.8 Å². The van der Waals surface area contributed by atoms with Crippen LogP contribution in [0.1, 0.15) is 11.1 Å². The van der Waals surface area contributed by atoms with Crippen molar-refractivity contribution in [3.05, 3.63) is 94.5 Å². The van der Waals surface area contributed by atoms with Crippen LogP contribution in [0.2, 0.25) is 5.02 Å². The van der Waals surface area contributed by atoms with Gasteiger partial charge in [-0.25, -0.2) is 0 Å². The third-order valence-corrected chi connectivity index (χ3v) is 4.62. The Hall–Kier alpha value is -4.08. The molecule has 160 valence electrons. The highest BCUT2D eigenvalue weighted by Gasteiger charge is 2.11. The highest BCUT2D eigenvalue weighted by atomic mass is 35.5. The van der Waals surface area contributed by atoms with Gasteiger partial charge in [-0.3, -0.25) is 9.59 Å². The van der Waals surface area contributed by atoms with E-state index < -0.39 is 5.91 Å². The van der Waals surface area contributed by atoms with Crippen molar-refractivity contribution in [1.82, 2.24) is 0 Å². The lowest BCUT2D eigenvalue weighted by atomic mass is 10.1. The minimum absolute atomic E-state index is 0.0730. The molecule has 0 saturated carbocycles. The van der Waals surface area contributed by atoms with Crippen molar-refractivity contribution in [3.63, 3.8) is 0 Å². The summed E-state index contributed by atoms with van der Waals surface area (Å²) in [4.78, 5) is 24.5. The van der Waals surface area contributed by atoms with Crippen LogP contribution in [0, 0.1) is 18.3 Å². The van der Waals surface area contributed by atoms with Crippen LogP contribution in [0.25, 0.3) is 6.08 Å². The first-order valence-corrected chi connectivity index (χ1v) is 10.1. The monoisotopic (exact) mass is 445 g/mol. The van der Waals surface area contributed by atoms with Crippen molar-refractivity contribution >= 4 is 40.9 Å². The van der Waals surface area contributed by atoms with Crippen LogP contribution in [0.15, 0.2) is 78.4 Å². The number of anilines is 2. The first-order valence-electron chi connectivity index (χ1n) is 9.71. The lowest BCUT2D eigenvalue weighted by molar-refractivity contribution is -0.118. The number of hydrogen-bond acceptors (Lipinski definition) is 4. The number of nitrogens with one attached hydrogen (secondary N) is 2. The first kappa shape index (κ1) is 22.6. The Bertz CT molecular complexity index is 1200. The van der Waals surface area contributed by atoms with Crippen LogP contribution in [0.3, 0.4) is 0 Å². The fourth-order valence-electron chi connectivity index (χ4n) is 2.82. The van der Waals surface area contributed by atoms with Crippen molar-refractivity contribution in [2.24, 2.45) is 0 Å². The Balaban J connectivity index is 1.62. The number of aryl methyl sites for hydroxylation is 1. The number of rotatable bonds is 7. The standard InChI is InChI=1S/C25H20ClN3O3/c1-17-6-5-9-21(12-17)28-24(30)16-32-23-11-10-18(14-22(23)26)13-19(15-27)25(31)29-20-7-3-2-4-8-20/h2-14H,16H2,1H3,(H,28,30)(H,29,31)/b19-13+. The van der Waals surface area contributed by atoms with E-state index in [4.69, 9.17) is 16.3 Å². The molecule has 0 bridgehead atoms. The number of ether oxygens (including phenoxy) is 1. The van der Waals surface area contributed by atoms with E-state index in [2.05, 4.69) is 10.6 Å². The quantitative estimate of drug-likeness (QED) is 0.385. The number of halogens is 1. The molecule has 3 rings (SSSR count). The molecule has 0 heterocycles. The Morgan fingerprint density at radius 3 is 2.44 bits per heavy atom. The highest BCUT2D eigenvalue weighted by Crippen LogP contribution is 2.26. The maximum absolute atomic E-state index is 12.3. The van der Waals surface area contributed by atoms with Gasteiger partial charge in [0.25, 0.3) is 11.8 Å². The lowest BCUT2D eigenvalue weighted by Crippen LogP contribution is -2.20. The van der Waals surface area contributed by atoms with Crippen molar-refractivity contribution in [1.29, 1.82) is 5.26 Å². The van der Waals surface area contributed by atoms with E-state index in [9.17, 15) is 14.9 Å². The van der Waals surface area contributed by atoms with Gasteiger partial charge in [-0.15, -0.1) is 0 Å². The normalized spacial score (nSPS) is 10.7. The van der Waals surface area contributed by atoms with E-state index >= 15 is 0 Å². The molecule has 0 aliphatic rings. The maximum Gasteiger partial charge on any atom is 0.266 e. The fraction of sp³-hybridized carbons (Fsp3) is 0.0800. The molecule has 0 unspecified atom stereocenters. The first-order chi connectivity index (χ1) is 15.4. The lowest BCUT2D eigenvalue weighted by Gasteiger charge is -2.10. The van der Waals surface area contributed by atoms with E-state index in [1.54, 1.807) is 48.5 Å². The third-order valence-electron chi connectivity index (χ3n) is 4.32. The van der Waals surface area contributed by atoms with Crippen molar-refractivity contribution in [2.75, 3.05) is 17.2 Å². The summed E-state index contributed by atoms with van der Waals surface area (Å²) >= 11 is 6.26. The number of amides is 2. The zero-order valence-corrected chi connectivity index (χ0v) is 18.0. The summed E-state index contributed by atoms with van der Waals surface area (Å²) in [6.45, 7) is 1.72. The molecular weight excluding hydrogens is 426 g/mol. The van der Waals surface area contributed by atoms with Gasteiger partial charge in [0.2, 0.25) is 0 Å². The summed E-state index contributed by atoms with van der Waals surface area (Å²) in [5.74, 6) is -0.529. The SMILES string of the molecule is Cc1cccc(NC(=O)COc2ccc(/C=C(\C#N)C(=O)Nc3ccccc3)cc2Cl)c1. The van der Waals surface area contributed by atoms with Crippen LogP contribution < -0.4 is 15.4 Å². The molecule has 6 nitrogen and oxygen atoms in total. The van der Waals surface area contributed by atoms with Gasteiger partial charge in [0.15, 0.2) is 6.61 Å². The predicted octanol–water partition coefficient (Wildman–Crippen LogP) is 5.21. The number of benzene rings is 3. The van der Waals surface area contributed by atoms with Crippen LogP contribution in [0.4, 0.5) is 11.4 Å². The molecule has 7 heteroatoms. The summed E-state index contributed by atoms with van der Waals surface area (Å²) in [6, 6.07) is 23.0. The molecule has 0 fully saturated rings. The molecule has 0 radical (unpaired) electrons. The average molecular weight is 446 g/mol. The fourth-order valence-corrected chi connectivity index (χ4v) is 3.07. The number of para-hydroxylation sites is 1. The van der Waals surface area contributed by atoms with Gasteiger partial charge >= 0.3 is 0 Å². The van der Waals surface area contributed by atoms with E-state index in [1.165, 1.54) is 6.08 Å². The summed E-state index contributed by atoms with van der Waals surface area (Å²) in [5.41, 5.74) is 2.78. The Morgan fingerprint density at radius 2 is 1.75 bits per heavy atom. The summed E-state index contributed by atoms with van der Waals surface area (Å²) in [7, 11) is 0. The zero-order chi connectivity index (χ0) is 22.9. The molecule has 2 N–H and O–H groups in total. The topological polar surface area (TPSA) is 91.2 Å². The molecule has 0 atom stereocenters. The van der Waals surface area contributed by atoms with Gasteiger partial charge in [0.1, 0.15) is 17.4 Å². The molecule has 3 aromatic rings. The largest absolute Gasteiger partial charge is 0.482 e. The van der Waals surface area contributed by atoms with Gasteiger partial charge in [-0.2, -0.15) is 5.26 Å². The van der Waals surface area contributed by atoms with Crippen LogP contribution in [0.5, 0.6) is 5.75 Å². The second kappa shape index (κ2) is 10.8. The minimum atomic E-state index is -0.525. The van der Waals surface area contributed by atoms with Gasteiger partial charge in [0, 0.05) is 11.4 Å². The van der Waals surface area contributed by atoms with E-state index in [0.717, 1.165) is 5.56 Å². The zero-order valence-electron chi connectivity index (χ0n) is 17.3. The second-order valence-electron chi connectivity index (χ2n) is 6.89. The highest BCUT2D eigenvalue weighted by molar-refractivity contribution is 6.32. The molecule has 0 saturated heterocycles. The summed E-state index contributed by atoms with van der Waals surface area (Å²) in [6.07, 6.45) is 1.43. The summed E-state index contributed by atoms with van der Waals surface area (Å²) < 4.78 is 5.50. The summed E-state index contributed by atoms with van der Waals surface area (Å²) in [5, 5.41) is 15.0. The molecule has 0 aliphatic heterocycles. The Kier molecular flexibility index (Phi) is 7.63. The van der Waals surface area contributed by atoms with Gasteiger partial charge in [-0.05, 0) is 60.5 Å². The molecule has 3 aromatic carbocycles. The number of nitrogens with zero attached hydrogens (tertiary/aromatic N) is 1. The average Bonchev–Trinajstić information content (AvgIpc) is 2.77. The van der Waals surface area contributed by atoms with Crippen LogP contribution >= 0.6 is 11.6 Å². The van der Waals surface area contributed by atoms with Crippen molar-refractivity contribution < 1.29 is 14.3 Å². The number of nitriles is 1. The Labute approximate surface area is 191 Å². The molecular formula is C25H20ClN3O3. The van der Waals surface area contributed by atoms with Crippen molar-refractivity contribution in [2.45, 2.75) is 6.92 Å². The van der Waals surface area contributed by atoms with Crippen LogP contribution in [-0.4, -0.2) is 18.4 Å². The molecule has 0 spiro atoms. The van der Waals surface area contributed by atoms with E-state index in [1.807, 2.05) is 37.3 Å². The number of carbonyl (C=O) groups is 2. The van der Waals surface area contributed by atoms with Gasteiger partial charge < -0.3 is 15.4 Å². The smallest absolute Gasteiger partial charge is 0.266 e. The number of hydrogen-bond donors (Lipinski definition) is 2. The van der Waals surface area contributed by atoms with Gasteiger partial charge in [-0.1, -0.05) is 48.0 Å². The maximum atomic E-state index is 12.3. The van der Waals surface area contributed by atoms with E-state index in [-0.39, 0.29) is 23.1 Å². The van der Waals surface area contributed by atoms with Gasteiger partial charge in [0.05, 0.1) is 5.02 Å². The van der Waals surface area contributed by atoms with Crippen LogP contribution in [-0.2, 0) is 9.59 Å². The van der Waals surface area contributed by atoms with E-state index in [0.29, 0.717) is 22.7 Å². The second-order valence-corrected chi connectivity index (χ2v) is 7.29. The predicted molar refractivity (Wildman–Crippen MR) is 125 cm³/mol. The minimum Gasteiger partial charge on any atom is -0.482 e. The molecule has 2 amide bonds. The number of carbonyl (C=O) groups excluding carboxylic acids is 2. The Morgan fingerprint density at radius 1 is 1.00 bits per heavy atom. The molecule has 0 aliphatic carbocycles.